The molecular weight excluding hydrogens is 257 g/mol. The van der Waals surface area contributed by atoms with E-state index in [-0.39, 0.29) is 5.69 Å². The van der Waals surface area contributed by atoms with Gasteiger partial charge in [0.15, 0.2) is 0 Å². The summed E-state index contributed by atoms with van der Waals surface area (Å²) in [6, 6.07) is 4.38. The third-order valence-electron chi connectivity index (χ3n) is 2.66. The highest BCUT2D eigenvalue weighted by Gasteiger charge is 2.34. The minimum Gasteiger partial charge on any atom is -0.383 e. The van der Waals surface area contributed by atoms with Gasteiger partial charge in [0.25, 0.3) is 0 Å². The van der Waals surface area contributed by atoms with Crippen molar-refractivity contribution in [1.82, 2.24) is 5.32 Å². The maximum Gasteiger partial charge on any atom is 0.418 e. The van der Waals surface area contributed by atoms with Crippen molar-refractivity contribution in [2.75, 3.05) is 39.3 Å². The van der Waals surface area contributed by atoms with E-state index in [1.165, 1.54) is 17.0 Å². The van der Waals surface area contributed by atoms with Crippen LogP contribution in [0.5, 0.6) is 0 Å². The number of anilines is 1. The third kappa shape index (κ3) is 4.72. The van der Waals surface area contributed by atoms with Gasteiger partial charge in [-0.15, -0.1) is 0 Å². The van der Waals surface area contributed by atoms with Crippen LogP contribution in [-0.2, 0) is 17.5 Å². The van der Waals surface area contributed by atoms with Crippen molar-refractivity contribution in [2.45, 2.75) is 12.7 Å². The number of alkyl halides is 3. The van der Waals surface area contributed by atoms with Gasteiger partial charge in [-0.2, -0.15) is 13.2 Å². The van der Waals surface area contributed by atoms with Crippen LogP contribution in [0.2, 0.25) is 0 Å². The lowest BCUT2D eigenvalue weighted by atomic mass is 10.1. The minimum absolute atomic E-state index is 0.174. The molecule has 0 aromatic heterocycles. The number of hydrogen-bond donors (Lipinski definition) is 1. The maximum absolute atomic E-state index is 13.0. The summed E-state index contributed by atoms with van der Waals surface area (Å²) in [6.45, 7) is 1.52. The fourth-order valence-electron chi connectivity index (χ4n) is 1.72. The summed E-state index contributed by atoms with van der Waals surface area (Å²) in [5, 5.41) is 3.02. The number of ether oxygens (including phenoxy) is 1. The van der Waals surface area contributed by atoms with Crippen LogP contribution in [0.25, 0.3) is 0 Å². The lowest BCUT2D eigenvalue weighted by Crippen LogP contribution is -2.20. The van der Waals surface area contributed by atoms with E-state index in [0.717, 1.165) is 0 Å². The van der Waals surface area contributed by atoms with Crippen molar-refractivity contribution in [3.05, 3.63) is 29.3 Å². The molecule has 0 spiro atoms. The highest BCUT2D eigenvalue weighted by atomic mass is 19.4. The smallest absolute Gasteiger partial charge is 0.383 e. The summed E-state index contributed by atoms with van der Waals surface area (Å²) in [6.07, 6.45) is -4.35. The molecule has 0 saturated carbocycles. The summed E-state index contributed by atoms with van der Waals surface area (Å²) in [4.78, 5) is 1.46. The largest absolute Gasteiger partial charge is 0.418 e. The quantitative estimate of drug-likeness (QED) is 0.808. The van der Waals surface area contributed by atoms with Gasteiger partial charge in [0.1, 0.15) is 0 Å². The summed E-state index contributed by atoms with van der Waals surface area (Å²) in [5.41, 5.74) is 0.172. The molecular formula is C13H19F3N2O. The molecule has 0 aliphatic heterocycles. The Bertz CT molecular complexity index is 405. The Balaban J connectivity index is 2.86. The zero-order valence-corrected chi connectivity index (χ0v) is 11.3. The summed E-state index contributed by atoms with van der Waals surface area (Å²) in [5.74, 6) is 0. The van der Waals surface area contributed by atoms with E-state index in [4.69, 9.17) is 4.74 Å². The minimum atomic E-state index is -4.35. The van der Waals surface area contributed by atoms with E-state index in [9.17, 15) is 13.2 Å². The molecule has 19 heavy (non-hydrogen) atoms. The van der Waals surface area contributed by atoms with E-state index in [2.05, 4.69) is 5.32 Å². The van der Waals surface area contributed by atoms with Crippen molar-refractivity contribution >= 4 is 5.69 Å². The zero-order valence-electron chi connectivity index (χ0n) is 11.3. The first-order valence-electron chi connectivity index (χ1n) is 5.93. The van der Waals surface area contributed by atoms with Gasteiger partial charge < -0.3 is 15.0 Å². The average molecular weight is 276 g/mol. The first-order valence-corrected chi connectivity index (χ1v) is 5.93. The molecule has 0 heterocycles. The Morgan fingerprint density at radius 1 is 1.26 bits per heavy atom. The number of benzene rings is 1. The predicted molar refractivity (Wildman–Crippen MR) is 69.4 cm³/mol. The molecule has 0 aliphatic rings. The lowest BCUT2D eigenvalue weighted by molar-refractivity contribution is -0.137. The molecule has 6 heteroatoms. The van der Waals surface area contributed by atoms with Crippen molar-refractivity contribution < 1.29 is 17.9 Å². The fourth-order valence-corrected chi connectivity index (χ4v) is 1.72. The van der Waals surface area contributed by atoms with Crippen LogP contribution >= 0.6 is 0 Å². The fraction of sp³-hybridized carbons (Fsp3) is 0.538. The number of halogens is 3. The van der Waals surface area contributed by atoms with Crippen molar-refractivity contribution in [2.24, 2.45) is 0 Å². The van der Waals surface area contributed by atoms with Gasteiger partial charge in [-0.05, 0) is 17.7 Å². The molecule has 1 aromatic carbocycles. The second kappa shape index (κ2) is 6.77. The molecule has 0 saturated heterocycles. The monoisotopic (exact) mass is 276 g/mol. The highest BCUT2D eigenvalue weighted by Crippen LogP contribution is 2.36. The molecule has 0 unspecified atom stereocenters. The van der Waals surface area contributed by atoms with Gasteiger partial charge in [-0.25, -0.2) is 0 Å². The number of nitrogens with zero attached hydrogens (tertiary/aromatic N) is 1. The first-order chi connectivity index (χ1) is 8.86. The van der Waals surface area contributed by atoms with E-state index >= 15 is 0 Å². The Labute approximate surface area is 111 Å². The molecule has 108 valence electrons. The van der Waals surface area contributed by atoms with Crippen molar-refractivity contribution in [1.29, 1.82) is 0 Å². The van der Waals surface area contributed by atoms with Gasteiger partial charge in [-0.1, -0.05) is 6.07 Å². The van der Waals surface area contributed by atoms with Crippen LogP contribution in [0.4, 0.5) is 18.9 Å². The topological polar surface area (TPSA) is 24.5 Å². The maximum atomic E-state index is 13.0. The van der Waals surface area contributed by atoms with Crippen LogP contribution in [-0.4, -0.2) is 34.4 Å². The Hall–Kier alpha value is -1.27. The zero-order chi connectivity index (χ0) is 14.5. The van der Waals surface area contributed by atoms with Gasteiger partial charge in [0.05, 0.1) is 12.2 Å². The average Bonchev–Trinajstić information content (AvgIpc) is 2.33. The first kappa shape index (κ1) is 15.8. The van der Waals surface area contributed by atoms with Gasteiger partial charge in [0, 0.05) is 40.0 Å². The summed E-state index contributed by atoms with van der Waals surface area (Å²) in [7, 11) is 4.78. The molecule has 1 aromatic rings. The van der Waals surface area contributed by atoms with Gasteiger partial charge in [-0.3, -0.25) is 0 Å². The van der Waals surface area contributed by atoms with Gasteiger partial charge >= 0.3 is 6.18 Å². The molecule has 1 rings (SSSR count). The number of methoxy groups -OCH3 is 1. The van der Waals surface area contributed by atoms with Crippen molar-refractivity contribution in [3.8, 4) is 0 Å². The van der Waals surface area contributed by atoms with E-state index < -0.39 is 11.7 Å². The van der Waals surface area contributed by atoms with Crippen LogP contribution < -0.4 is 10.2 Å². The SMILES string of the molecule is COCCNCc1ccc(N(C)C)c(C(F)(F)F)c1. The molecule has 0 bridgehead atoms. The summed E-state index contributed by atoms with van der Waals surface area (Å²) >= 11 is 0. The van der Waals surface area contributed by atoms with E-state index in [0.29, 0.717) is 25.3 Å². The number of rotatable bonds is 6. The lowest BCUT2D eigenvalue weighted by Gasteiger charge is -2.20. The molecule has 0 fully saturated rings. The number of hydrogen-bond acceptors (Lipinski definition) is 3. The second-order valence-electron chi connectivity index (χ2n) is 4.41. The normalized spacial score (nSPS) is 11.7. The Morgan fingerprint density at radius 3 is 2.47 bits per heavy atom. The standard InChI is InChI=1S/C13H19F3N2O/c1-18(2)12-5-4-10(9-17-6-7-19-3)8-11(12)13(14,15)16/h4-5,8,17H,6-7,9H2,1-3H3. The van der Waals surface area contributed by atoms with Crippen molar-refractivity contribution in [3.63, 3.8) is 0 Å². The molecule has 0 amide bonds. The number of nitrogens with one attached hydrogen (secondary N) is 1. The highest BCUT2D eigenvalue weighted by molar-refractivity contribution is 5.55. The second-order valence-corrected chi connectivity index (χ2v) is 4.41. The van der Waals surface area contributed by atoms with Crippen LogP contribution in [0, 0.1) is 0 Å². The Morgan fingerprint density at radius 2 is 1.95 bits per heavy atom. The molecule has 0 radical (unpaired) electrons. The predicted octanol–water partition coefficient (Wildman–Crippen LogP) is 2.51. The molecule has 0 atom stereocenters. The molecule has 3 nitrogen and oxygen atoms in total. The Kier molecular flexibility index (Phi) is 5.62. The summed E-state index contributed by atoms with van der Waals surface area (Å²) < 4.78 is 43.8. The van der Waals surface area contributed by atoms with Crippen LogP contribution in [0.1, 0.15) is 11.1 Å². The van der Waals surface area contributed by atoms with Crippen LogP contribution in [0.3, 0.4) is 0 Å². The van der Waals surface area contributed by atoms with Gasteiger partial charge in [0.2, 0.25) is 0 Å². The van der Waals surface area contributed by atoms with E-state index in [1.54, 1.807) is 27.3 Å². The molecule has 0 aliphatic carbocycles. The third-order valence-corrected chi connectivity index (χ3v) is 2.66. The molecule has 1 N–H and O–H groups in total. The van der Waals surface area contributed by atoms with Crippen LogP contribution in [0.15, 0.2) is 18.2 Å². The van der Waals surface area contributed by atoms with E-state index in [1.807, 2.05) is 0 Å².